The molecule has 0 bridgehead atoms. The fourth-order valence-corrected chi connectivity index (χ4v) is 0.953. The van der Waals surface area contributed by atoms with E-state index in [9.17, 15) is 0 Å². The van der Waals surface area contributed by atoms with Crippen LogP contribution in [0.3, 0.4) is 0 Å². The summed E-state index contributed by atoms with van der Waals surface area (Å²) in [6.07, 6.45) is 2.48. The standard InChI is InChI=1S/C6H7N5/c7-3-6-8-9-10-11(6)4-5-1-2-5/h5H,1-2,4H2. The van der Waals surface area contributed by atoms with Crippen LogP contribution >= 0.6 is 0 Å². The molecule has 5 nitrogen and oxygen atoms in total. The van der Waals surface area contributed by atoms with E-state index in [1.807, 2.05) is 6.07 Å². The summed E-state index contributed by atoms with van der Waals surface area (Å²) in [6, 6.07) is 1.94. The van der Waals surface area contributed by atoms with Gasteiger partial charge in [-0.3, -0.25) is 0 Å². The minimum atomic E-state index is 0.317. The zero-order valence-corrected chi connectivity index (χ0v) is 5.93. The lowest BCUT2D eigenvalue weighted by molar-refractivity contribution is 0.539. The lowest BCUT2D eigenvalue weighted by atomic mass is 10.4. The largest absolute Gasteiger partial charge is 0.253 e. The lowest BCUT2D eigenvalue weighted by Crippen LogP contribution is -2.04. The Morgan fingerprint density at radius 2 is 2.45 bits per heavy atom. The highest BCUT2D eigenvalue weighted by Crippen LogP contribution is 2.30. The Kier molecular flexibility index (Phi) is 1.32. The summed E-state index contributed by atoms with van der Waals surface area (Å²) in [4.78, 5) is 0. The summed E-state index contributed by atoms with van der Waals surface area (Å²) in [5.74, 6) is 1.02. The number of hydrogen-bond donors (Lipinski definition) is 0. The molecule has 0 aliphatic heterocycles. The van der Waals surface area contributed by atoms with E-state index in [4.69, 9.17) is 5.26 Å². The Labute approximate surface area is 63.6 Å². The molecule has 56 valence electrons. The molecular formula is C6H7N5. The molecule has 1 saturated carbocycles. The van der Waals surface area contributed by atoms with Crippen molar-refractivity contribution in [3.63, 3.8) is 0 Å². The molecule has 1 heterocycles. The van der Waals surface area contributed by atoms with Gasteiger partial charge in [-0.25, -0.2) is 4.68 Å². The number of rotatable bonds is 2. The highest BCUT2D eigenvalue weighted by atomic mass is 15.5. The number of hydrogen-bond acceptors (Lipinski definition) is 4. The highest BCUT2D eigenvalue weighted by Gasteiger charge is 2.23. The molecule has 0 atom stereocenters. The summed E-state index contributed by atoms with van der Waals surface area (Å²) in [6.45, 7) is 0.801. The van der Waals surface area contributed by atoms with Crippen LogP contribution in [0.25, 0.3) is 0 Å². The van der Waals surface area contributed by atoms with E-state index in [0.29, 0.717) is 11.7 Å². The van der Waals surface area contributed by atoms with Crippen molar-refractivity contribution >= 4 is 0 Å². The second-order valence-corrected chi connectivity index (χ2v) is 2.74. The van der Waals surface area contributed by atoms with Gasteiger partial charge in [0.25, 0.3) is 5.82 Å². The molecule has 0 saturated heterocycles. The van der Waals surface area contributed by atoms with E-state index in [-0.39, 0.29) is 0 Å². The third-order valence-corrected chi connectivity index (χ3v) is 1.76. The Morgan fingerprint density at radius 3 is 3.09 bits per heavy atom. The van der Waals surface area contributed by atoms with E-state index in [1.165, 1.54) is 12.8 Å². The molecule has 1 aromatic heterocycles. The second kappa shape index (κ2) is 2.31. The van der Waals surface area contributed by atoms with Gasteiger partial charge in [0.15, 0.2) is 0 Å². The van der Waals surface area contributed by atoms with Crippen molar-refractivity contribution in [3.8, 4) is 6.07 Å². The molecular weight excluding hydrogens is 142 g/mol. The zero-order valence-electron chi connectivity index (χ0n) is 5.93. The van der Waals surface area contributed by atoms with Crippen LogP contribution in [0.5, 0.6) is 0 Å². The van der Waals surface area contributed by atoms with Gasteiger partial charge in [-0.15, -0.1) is 0 Å². The fraction of sp³-hybridized carbons (Fsp3) is 0.667. The average Bonchev–Trinajstić information content (AvgIpc) is 2.68. The van der Waals surface area contributed by atoms with Crippen LogP contribution in [-0.2, 0) is 6.54 Å². The van der Waals surface area contributed by atoms with Gasteiger partial charge in [-0.05, 0) is 29.2 Å². The van der Waals surface area contributed by atoms with Gasteiger partial charge in [0.1, 0.15) is 6.07 Å². The van der Waals surface area contributed by atoms with Crippen LogP contribution in [0.1, 0.15) is 18.7 Å². The molecule has 1 aliphatic carbocycles. The smallest absolute Gasteiger partial charge is 0.217 e. The van der Waals surface area contributed by atoms with E-state index >= 15 is 0 Å². The minimum absolute atomic E-state index is 0.317. The predicted octanol–water partition coefficient (Wildman–Crippen LogP) is -0.0452. The molecule has 0 amide bonds. The number of aromatic nitrogens is 4. The zero-order chi connectivity index (χ0) is 7.68. The average molecular weight is 149 g/mol. The third-order valence-electron chi connectivity index (χ3n) is 1.76. The van der Waals surface area contributed by atoms with Crippen LogP contribution in [0.2, 0.25) is 0 Å². The van der Waals surface area contributed by atoms with Crippen molar-refractivity contribution in [1.82, 2.24) is 20.2 Å². The second-order valence-electron chi connectivity index (χ2n) is 2.74. The normalized spacial score (nSPS) is 16.3. The van der Waals surface area contributed by atoms with Crippen molar-refractivity contribution in [1.29, 1.82) is 5.26 Å². The van der Waals surface area contributed by atoms with Crippen LogP contribution in [0.15, 0.2) is 0 Å². The molecule has 0 spiro atoms. The number of nitriles is 1. The topological polar surface area (TPSA) is 67.4 Å². The number of tetrazole rings is 1. The molecule has 0 N–H and O–H groups in total. The van der Waals surface area contributed by atoms with Crippen molar-refractivity contribution in [2.75, 3.05) is 0 Å². The Bertz CT molecular complexity index is 292. The quantitative estimate of drug-likeness (QED) is 0.591. The van der Waals surface area contributed by atoms with Crippen LogP contribution < -0.4 is 0 Å². The number of nitrogens with zero attached hydrogens (tertiary/aromatic N) is 5. The van der Waals surface area contributed by atoms with E-state index in [1.54, 1.807) is 4.68 Å². The predicted molar refractivity (Wildman–Crippen MR) is 35.3 cm³/mol. The maximum Gasteiger partial charge on any atom is 0.253 e. The van der Waals surface area contributed by atoms with Crippen molar-refractivity contribution in [3.05, 3.63) is 5.82 Å². The van der Waals surface area contributed by atoms with Crippen LogP contribution in [0, 0.1) is 17.2 Å². The van der Waals surface area contributed by atoms with Crippen LogP contribution in [0.4, 0.5) is 0 Å². The van der Waals surface area contributed by atoms with Gasteiger partial charge >= 0.3 is 0 Å². The van der Waals surface area contributed by atoms with E-state index in [0.717, 1.165) is 6.54 Å². The highest BCUT2D eigenvalue weighted by molar-refractivity contribution is 5.05. The molecule has 5 heteroatoms. The van der Waals surface area contributed by atoms with Gasteiger partial charge < -0.3 is 0 Å². The van der Waals surface area contributed by atoms with Gasteiger partial charge in [0.05, 0.1) is 0 Å². The summed E-state index contributed by atoms with van der Waals surface area (Å²) >= 11 is 0. The fourth-order valence-electron chi connectivity index (χ4n) is 0.953. The van der Waals surface area contributed by atoms with E-state index in [2.05, 4.69) is 15.5 Å². The first-order valence-electron chi connectivity index (χ1n) is 3.56. The Hall–Kier alpha value is -1.44. The Morgan fingerprint density at radius 1 is 1.64 bits per heavy atom. The molecule has 2 rings (SSSR count). The van der Waals surface area contributed by atoms with Crippen molar-refractivity contribution < 1.29 is 0 Å². The summed E-state index contributed by atoms with van der Waals surface area (Å²) in [7, 11) is 0. The minimum Gasteiger partial charge on any atom is -0.217 e. The molecule has 0 unspecified atom stereocenters. The molecule has 0 aromatic carbocycles. The molecule has 1 aliphatic rings. The van der Waals surface area contributed by atoms with Gasteiger partial charge in [0, 0.05) is 6.54 Å². The molecule has 11 heavy (non-hydrogen) atoms. The maximum atomic E-state index is 8.53. The summed E-state index contributed by atoms with van der Waals surface area (Å²) in [5.41, 5.74) is 0. The maximum absolute atomic E-state index is 8.53. The Balaban J connectivity index is 2.15. The van der Waals surface area contributed by atoms with Gasteiger partial charge in [-0.2, -0.15) is 5.26 Å². The first kappa shape index (κ1) is 6.28. The third kappa shape index (κ3) is 1.19. The van der Waals surface area contributed by atoms with Crippen molar-refractivity contribution in [2.45, 2.75) is 19.4 Å². The van der Waals surface area contributed by atoms with E-state index < -0.39 is 0 Å². The molecule has 1 aromatic rings. The first-order chi connectivity index (χ1) is 5.40. The van der Waals surface area contributed by atoms with Crippen molar-refractivity contribution in [2.24, 2.45) is 5.92 Å². The SMILES string of the molecule is N#Cc1nnnn1CC1CC1. The summed E-state index contributed by atoms with van der Waals surface area (Å²) < 4.78 is 1.57. The molecule has 1 fully saturated rings. The van der Waals surface area contributed by atoms with Crippen LogP contribution in [-0.4, -0.2) is 20.2 Å². The summed E-state index contributed by atoms with van der Waals surface area (Å²) in [5, 5.41) is 19.2. The molecule has 0 radical (unpaired) electrons. The monoisotopic (exact) mass is 149 g/mol. The van der Waals surface area contributed by atoms with Gasteiger partial charge in [-0.1, -0.05) is 5.10 Å². The van der Waals surface area contributed by atoms with Gasteiger partial charge in [0.2, 0.25) is 0 Å². The first-order valence-corrected chi connectivity index (χ1v) is 3.56. The lowest BCUT2D eigenvalue weighted by Gasteiger charge is -1.94.